The number of methoxy groups -OCH3 is 1. The Morgan fingerprint density at radius 1 is 1.21 bits per heavy atom. The number of hydrogen-bond acceptors (Lipinski definition) is 3. The third kappa shape index (κ3) is 2.25. The van der Waals surface area contributed by atoms with Crippen LogP contribution in [-0.2, 0) is 14.3 Å². The zero-order valence-electron chi connectivity index (χ0n) is 8.71. The van der Waals surface area contributed by atoms with Gasteiger partial charge < -0.3 is 10.1 Å². The molecule has 0 saturated heterocycles. The van der Waals surface area contributed by atoms with Crippen LogP contribution >= 0.6 is 0 Å². The van der Waals surface area contributed by atoms with Crippen molar-refractivity contribution >= 4 is 11.9 Å². The number of esters is 1. The fraction of sp³-hybridized carbons (Fsp3) is 0.800. The second kappa shape index (κ2) is 4.98. The second-order valence-electron chi connectivity index (χ2n) is 3.63. The maximum Gasteiger partial charge on any atom is 0.309 e. The highest BCUT2D eigenvalue weighted by Gasteiger charge is 2.35. The average Bonchev–Trinajstić information content (AvgIpc) is 2.27. The summed E-state index contributed by atoms with van der Waals surface area (Å²) in [6, 6.07) is 0. The van der Waals surface area contributed by atoms with E-state index in [9.17, 15) is 9.59 Å². The smallest absolute Gasteiger partial charge is 0.309 e. The van der Waals surface area contributed by atoms with Crippen molar-refractivity contribution in [2.45, 2.75) is 25.7 Å². The first-order valence-corrected chi connectivity index (χ1v) is 5.00. The minimum absolute atomic E-state index is 0.0416. The highest BCUT2D eigenvalue weighted by atomic mass is 16.5. The lowest BCUT2D eigenvalue weighted by molar-refractivity contribution is -0.151. The Hall–Kier alpha value is -1.06. The molecule has 14 heavy (non-hydrogen) atoms. The van der Waals surface area contributed by atoms with E-state index < -0.39 is 0 Å². The maximum atomic E-state index is 11.5. The molecule has 4 nitrogen and oxygen atoms in total. The predicted octanol–water partition coefficient (Wildman–Crippen LogP) is 0.712. The van der Waals surface area contributed by atoms with Gasteiger partial charge in [-0.05, 0) is 12.8 Å². The van der Waals surface area contributed by atoms with Gasteiger partial charge in [-0.15, -0.1) is 0 Å². The topological polar surface area (TPSA) is 55.4 Å². The normalized spacial score (nSPS) is 26.7. The monoisotopic (exact) mass is 199 g/mol. The number of carbonyl (C=O) groups excluding carboxylic acids is 2. The maximum absolute atomic E-state index is 11.5. The minimum atomic E-state index is -0.252. The fourth-order valence-electron chi connectivity index (χ4n) is 2.06. The fourth-order valence-corrected chi connectivity index (χ4v) is 2.06. The molecule has 0 spiro atoms. The summed E-state index contributed by atoms with van der Waals surface area (Å²) >= 11 is 0. The summed E-state index contributed by atoms with van der Waals surface area (Å²) in [6.07, 6.45) is 3.59. The summed E-state index contributed by atoms with van der Waals surface area (Å²) in [4.78, 5) is 22.9. The van der Waals surface area contributed by atoms with Crippen LogP contribution in [0.3, 0.4) is 0 Å². The molecule has 0 bridgehead atoms. The first-order valence-electron chi connectivity index (χ1n) is 5.00. The van der Waals surface area contributed by atoms with E-state index in [1.165, 1.54) is 7.11 Å². The molecule has 1 saturated carbocycles. The van der Waals surface area contributed by atoms with E-state index in [1.54, 1.807) is 7.05 Å². The van der Waals surface area contributed by atoms with Crippen molar-refractivity contribution < 1.29 is 14.3 Å². The number of hydrogen-bond donors (Lipinski definition) is 1. The van der Waals surface area contributed by atoms with Gasteiger partial charge in [0, 0.05) is 7.05 Å². The molecule has 0 aromatic rings. The lowest BCUT2D eigenvalue weighted by Gasteiger charge is -2.27. The van der Waals surface area contributed by atoms with Crippen LogP contribution in [-0.4, -0.2) is 26.0 Å². The molecular formula is C10H17NO3. The summed E-state index contributed by atoms with van der Waals surface area (Å²) in [7, 11) is 2.98. The van der Waals surface area contributed by atoms with Gasteiger partial charge in [0.15, 0.2) is 0 Å². The van der Waals surface area contributed by atoms with Gasteiger partial charge >= 0.3 is 5.97 Å². The zero-order chi connectivity index (χ0) is 10.6. The molecule has 1 aliphatic carbocycles. The minimum Gasteiger partial charge on any atom is -0.469 e. The molecule has 0 radical (unpaired) electrons. The standard InChI is InChI=1S/C10H17NO3/c1-11-9(12)7-5-3-4-6-8(7)10(13)14-2/h7-8H,3-6H2,1-2H3,(H,11,12). The molecule has 1 N–H and O–H groups in total. The third-order valence-corrected chi connectivity index (χ3v) is 2.85. The van der Waals surface area contributed by atoms with E-state index in [0.29, 0.717) is 0 Å². The van der Waals surface area contributed by atoms with Crippen molar-refractivity contribution in [2.24, 2.45) is 11.8 Å². The number of carbonyl (C=O) groups is 2. The number of amides is 1. The van der Waals surface area contributed by atoms with Crippen molar-refractivity contribution in [2.75, 3.05) is 14.2 Å². The van der Waals surface area contributed by atoms with Crippen LogP contribution in [0, 0.1) is 11.8 Å². The first kappa shape index (κ1) is 11.0. The van der Waals surface area contributed by atoms with Crippen LogP contribution in [0.2, 0.25) is 0 Å². The van der Waals surface area contributed by atoms with Gasteiger partial charge in [-0.25, -0.2) is 0 Å². The summed E-state index contributed by atoms with van der Waals surface area (Å²) in [5.74, 6) is -0.728. The van der Waals surface area contributed by atoms with E-state index >= 15 is 0 Å². The summed E-state index contributed by atoms with van der Waals surface area (Å²) in [6.45, 7) is 0. The molecule has 1 fully saturated rings. The molecule has 4 heteroatoms. The predicted molar refractivity (Wildman–Crippen MR) is 51.5 cm³/mol. The van der Waals surface area contributed by atoms with Crippen LogP contribution in [0.25, 0.3) is 0 Å². The van der Waals surface area contributed by atoms with E-state index in [1.807, 2.05) is 0 Å². The van der Waals surface area contributed by atoms with Gasteiger partial charge in [-0.3, -0.25) is 9.59 Å². The highest BCUT2D eigenvalue weighted by Crippen LogP contribution is 2.30. The Kier molecular flexibility index (Phi) is 3.92. The SMILES string of the molecule is CNC(=O)C1CCCCC1C(=O)OC. The average molecular weight is 199 g/mol. The first-order chi connectivity index (χ1) is 6.70. The van der Waals surface area contributed by atoms with E-state index in [-0.39, 0.29) is 23.7 Å². The Morgan fingerprint density at radius 2 is 1.79 bits per heavy atom. The Balaban J connectivity index is 2.68. The van der Waals surface area contributed by atoms with Crippen molar-refractivity contribution in [3.63, 3.8) is 0 Å². The summed E-state index contributed by atoms with van der Waals surface area (Å²) in [5.41, 5.74) is 0. The number of rotatable bonds is 2. The second-order valence-corrected chi connectivity index (χ2v) is 3.63. The Morgan fingerprint density at radius 3 is 2.29 bits per heavy atom. The van der Waals surface area contributed by atoms with Gasteiger partial charge in [0.05, 0.1) is 18.9 Å². The van der Waals surface area contributed by atoms with Crippen LogP contribution in [0.1, 0.15) is 25.7 Å². The van der Waals surface area contributed by atoms with Gasteiger partial charge in [-0.2, -0.15) is 0 Å². The molecule has 1 rings (SSSR count). The molecule has 2 atom stereocenters. The third-order valence-electron chi connectivity index (χ3n) is 2.85. The van der Waals surface area contributed by atoms with Crippen LogP contribution in [0.4, 0.5) is 0 Å². The highest BCUT2D eigenvalue weighted by molar-refractivity contribution is 5.85. The van der Waals surface area contributed by atoms with Gasteiger partial charge in [0.2, 0.25) is 5.91 Å². The number of ether oxygens (including phenoxy) is 1. The molecule has 2 unspecified atom stereocenters. The van der Waals surface area contributed by atoms with Crippen molar-refractivity contribution in [1.82, 2.24) is 5.32 Å². The molecule has 1 amide bonds. The molecule has 80 valence electrons. The largest absolute Gasteiger partial charge is 0.469 e. The summed E-state index contributed by atoms with van der Waals surface area (Å²) < 4.78 is 4.70. The van der Waals surface area contributed by atoms with Gasteiger partial charge in [-0.1, -0.05) is 12.8 Å². The molecular weight excluding hydrogens is 182 g/mol. The van der Waals surface area contributed by atoms with E-state index in [4.69, 9.17) is 4.74 Å². The molecule has 0 aliphatic heterocycles. The van der Waals surface area contributed by atoms with E-state index in [2.05, 4.69) is 5.32 Å². The number of nitrogens with one attached hydrogen (secondary N) is 1. The zero-order valence-corrected chi connectivity index (χ0v) is 8.71. The quantitative estimate of drug-likeness (QED) is 0.666. The van der Waals surface area contributed by atoms with Gasteiger partial charge in [0.1, 0.15) is 0 Å². The van der Waals surface area contributed by atoms with Crippen LogP contribution in [0.15, 0.2) is 0 Å². The Bertz CT molecular complexity index is 203. The molecule has 1 aliphatic rings. The Labute approximate surface area is 84.0 Å². The molecule has 0 heterocycles. The van der Waals surface area contributed by atoms with Crippen molar-refractivity contribution in [1.29, 1.82) is 0 Å². The van der Waals surface area contributed by atoms with Crippen LogP contribution < -0.4 is 5.32 Å². The summed E-state index contributed by atoms with van der Waals surface area (Å²) in [5, 5.41) is 2.60. The molecule has 0 aromatic carbocycles. The van der Waals surface area contributed by atoms with E-state index in [0.717, 1.165) is 25.7 Å². The lowest BCUT2D eigenvalue weighted by atomic mass is 9.79. The lowest BCUT2D eigenvalue weighted by Crippen LogP contribution is -2.38. The van der Waals surface area contributed by atoms with Crippen molar-refractivity contribution in [3.05, 3.63) is 0 Å². The van der Waals surface area contributed by atoms with Crippen LogP contribution in [0.5, 0.6) is 0 Å². The molecule has 0 aromatic heterocycles. The van der Waals surface area contributed by atoms with Gasteiger partial charge in [0.25, 0.3) is 0 Å². The van der Waals surface area contributed by atoms with Crippen molar-refractivity contribution in [3.8, 4) is 0 Å².